The van der Waals surface area contributed by atoms with Gasteiger partial charge in [0.2, 0.25) is 0 Å². The van der Waals surface area contributed by atoms with E-state index in [9.17, 15) is 8.42 Å². The van der Waals surface area contributed by atoms with Crippen molar-refractivity contribution in [1.29, 1.82) is 0 Å². The second-order valence-electron chi connectivity index (χ2n) is 4.89. The summed E-state index contributed by atoms with van der Waals surface area (Å²) >= 11 is 0. The summed E-state index contributed by atoms with van der Waals surface area (Å²) in [6.45, 7) is 4.80. The Hall–Kier alpha value is -1.86. The highest BCUT2D eigenvalue weighted by molar-refractivity contribution is 7.89. The average molecular weight is 308 g/mol. The van der Waals surface area contributed by atoms with Crippen LogP contribution in [0.15, 0.2) is 35.5 Å². The van der Waals surface area contributed by atoms with Crippen molar-refractivity contribution in [3.8, 4) is 0 Å². The van der Waals surface area contributed by atoms with Gasteiger partial charge in [0.15, 0.2) is 5.03 Å². The number of aryl methyl sites for hydroxylation is 2. The highest BCUT2D eigenvalue weighted by Gasteiger charge is 2.18. The number of hydrogen-bond acceptors (Lipinski definition) is 4. The van der Waals surface area contributed by atoms with E-state index in [-0.39, 0.29) is 11.6 Å². The van der Waals surface area contributed by atoms with E-state index in [1.165, 1.54) is 0 Å². The number of nitrogens with one attached hydrogen (secondary N) is 1. The highest BCUT2D eigenvalue weighted by Crippen LogP contribution is 2.11. The first-order valence-corrected chi connectivity index (χ1v) is 8.28. The summed E-state index contributed by atoms with van der Waals surface area (Å²) in [6.07, 6.45) is 2.50. The Kier molecular flexibility index (Phi) is 4.64. The molecule has 0 unspecified atom stereocenters. The maximum absolute atomic E-state index is 12.2. The Morgan fingerprint density at radius 1 is 1.29 bits per heavy atom. The number of anilines is 1. The monoisotopic (exact) mass is 308 g/mol. The van der Waals surface area contributed by atoms with Crippen LogP contribution in [-0.2, 0) is 23.1 Å². The van der Waals surface area contributed by atoms with Crippen molar-refractivity contribution in [2.75, 3.05) is 5.73 Å². The van der Waals surface area contributed by atoms with Crippen molar-refractivity contribution in [2.45, 2.75) is 38.4 Å². The van der Waals surface area contributed by atoms with Crippen LogP contribution in [0.3, 0.4) is 0 Å². The molecule has 0 aliphatic carbocycles. The molecule has 7 heteroatoms. The van der Waals surface area contributed by atoms with Gasteiger partial charge in [0.1, 0.15) is 5.82 Å². The van der Waals surface area contributed by atoms with Crippen molar-refractivity contribution >= 4 is 15.7 Å². The molecule has 21 heavy (non-hydrogen) atoms. The summed E-state index contributed by atoms with van der Waals surface area (Å²) in [5, 5.41) is 0.0592. The van der Waals surface area contributed by atoms with Crippen LogP contribution >= 0.6 is 0 Å². The molecule has 1 heterocycles. The molecule has 0 radical (unpaired) electrons. The Labute approximate surface area is 125 Å². The average Bonchev–Trinajstić information content (AvgIpc) is 2.81. The predicted octanol–water partition coefficient (Wildman–Crippen LogP) is 1.66. The van der Waals surface area contributed by atoms with Gasteiger partial charge in [0.05, 0.1) is 0 Å². The fourth-order valence-electron chi connectivity index (χ4n) is 1.96. The molecule has 0 bridgehead atoms. The van der Waals surface area contributed by atoms with Gasteiger partial charge in [-0.2, -0.15) is 0 Å². The van der Waals surface area contributed by atoms with Crippen LogP contribution in [0.4, 0.5) is 5.69 Å². The van der Waals surface area contributed by atoms with E-state index in [1.54, 1.807) is 37.4 Å². The molecule has 0 aliphatic heterocycles. The minimum atomic E-state index is -3.60. The summed E-state index contributed by atoms with van der Waals surface area (Å²) in [4.78, 5) is 4.12. The molecule has 0 fully saturated rings. The molecular weight excluding hydrogens is 288 g/mol. The van der Waals surface area contributed by atoms with Gasteiger partial charge in [-0.1, -0.05) is 19.1 Å². The summed E-state index contributed by atoms with van der Waals surface area (Å²) in [5.74, 6) is 0.699. The van der Waals surface area contributed by atoms with E-state index >= 15 is 0 Å². The number of rotatable bonds is 6. The van der Waals surface area contributed by atoms with Crippen molar-refractivity contribution in [3.63, 3.8) is 0 Å². The lowest BCUT2D eigenvalue weighted by atomic mass is 10.2. The van der Waals surface area contributed by atoms with Gasteiger partial charge in [0.25, 0.3) is 10.0 Å². The van der Waals surface area contributed by atoms with Gasteiger partial charge in [0, 0.05) is 25.0 Å². The van der Waals surface area contributed by atoms with Gasteiger partial charge in [-0.05, 0) is 31.0 Å². The standard InChI is InChI=1S/C14H20N4O2S/c1-3-8-18-10-14(17-11(18)2)21(19,20)16-9-12-4-6-13(15)7-5-12/h4-7,10,16H,3,8-9,15H2,1-2H3. The lowest BCUT2D eigenvalue weighted by Crippen LogP contribution is -2.23. The van der Waals surface area contributed by atoms with Gasteiger partial charge >= 0.3 is 0 Å². The van der Waals surface area contributed by atoms with E-state index in [0.717, 1.165) is 18.5 Å². The Morgan fingerprint density at radius 3 is 2.57 bits per heavy atom. The number of nitrogen functional groups attached to an aromatic ring is 1. The zero-order chi connectivity index (χ0) is 15.5. The molecule has 0 saturated carbocycles. The van der Waals surface area contributed by atoms with Gasteiger partial charge in [-0.15, -0.1) is 0 Å². The van der Waals surface area contributed by atoms with Crippen molar-refractivity contribution in [3.05, 3.63) is 41.9 Å². The largest absolute Gasteiger partial charge is 0.399 e. The minimum Gasteiger partial charge on any atom is -0.399 e. The van der Waals surface area contributed by atoms with Gasteiger partial charge in [-0.3, -0.25) is 0 Å². The summed E-state index contributed by atoms with van der Waals surface area (Å²) in [5.41, 5.74) is 7.09. The number of imidazole rings is 1. The van der Waals surface area contributed by atoms with Crippen molar-refractivity contribution in [1.82, 2.24) is 14.3 Å². The zero-order valence-electron chi connectivity index (χ0n) is 12.2. The van der Waals surface area contributed by atoms with Crippen LogP contribution in [0.2, 0.25) is 0 Å². The van der Waals surface area contributed by atoms with Crippen LogP contribution < -0.4 is 10.5 Å². The molecule has 0 spiro atoms. The molecule has 114 valence electrons. The molecule has 3 N–H and O–H groups in total. The fourth-order valence-corrected chi connectivity index (χ4v) is 2.99. The number of hydrogen-bond donors (Lipinski definition) is 2. The first kappa shape index (κ1) is 15.5. The van der Waals surface area contributed by atoms with Crippen LogP contribution in [0.5, 0.6) is 0 Å². The molecule has 0 amide bonds. The first-order chi connectivity index (χ1) is 9.92. The van der Waals surface area contributed by atoms with Crippen LogP contribution in [0.1, 0.15) is 24.7 Å². The van der Waals surface area contributed by atoms with Crippen LogP contribution in [-0.4, -0.2) is 18.0 Å². The highest BCUT2D eigenvalue weighted by atomic mass is 32.2. The predicted molar refractivity (Wildman–Crippen MR) is 82.1 cm³/mol. The van der Waals surface area contributed by atoms with E-state index in [1.807, 2.05) is 11.5 Å². The normalized spacial score (nSPS) is 11.7. The van der Waals surface area contributed by atoms with E-state index < -0.39 is 10.0 Å². The number of benzene rings is 1. The molecule has 6 nitrogen and oxygen atoms in total. The lowest BCUT2D eigenvalue weighted by molar-refractivity contribution is 0.577. The number of nitrogens with zero attached hydrogens (tertiary/aromatic N) is 2. The second-order valence-corrected chi connectivity index (χ2v) is 6.60. The Balaban J connectivity index is 2.11. The molecule has 0 atom stereocenters. The first-order valence-electron chi connectivity index (χ1n) is 6.80. The summed E-state index contributed by atoms with van der Waals surface area (Å²) in [6, 6.07) is 7.06. The van der Waals surface area contributed by atoms with Crippen molar-refractivity contribution in [2.24, 2.45) is 0 Å². The third-order valence-corrected chi connectivity index (χ3v) is 4.41. The minimum absolute atomic E-state index is 0.0592. The number of nitrogens with two attached hydrogens (primary N) is 1. The fraction of sp³-hybridized carbons (Fsp3) is 0.357. The van der Waals surface area contributed by atoms with E-state index in [2.05, 4.69) is 9.71 Å². The summed E-state index contributed by atoms with van der Waals surface area (Å²) < 4.78 is 28.9. The van der Waals surface area contributed by atoms with Crippen LogP contribution in [0, 0.1) is 6.92 Å². The molecule has 2 aromatic rings. The molecule has 2 rings (SSSR count). The smallest absolute Gasteiger partial charge is 0.259 e. The van der Waals surface area contributed by atoms with E-state index in [0.29, 0.717) is 11.5 Å². The van der Waals surface area contributed by atoms with E-state index in [4.69, 9.17) is 5.73 Å². The molecule has 1 aromatic carbocycles. The van der Waals surface area contributed by atoms with Crippen LogP contribution in [0.25, 0.3) is 0 Å². The van der Waals surface area contributed by atoms with Crippen molar-refractivity contribution < 1.29 is 8.42 Å². The Bertz CT molecular complexity index is 705. The number of aromatic nitrogens is 2. The summed E-state index contributed by atoms with van der Waals surface area (Å²) in [7, 11) is -3.60. The third kappa shape index (κ3) is 3.83. The van der Waals surface area contributed by atoms with Gasteiger partial charge < -0.3 is 10.3 Å². The topological polar surface area (TPSA) is 90.0 Å². The SMILES string of the molecule is CCCn1cc(S(=O)(=O)NCc2ccc(N)cc2)nc1C. The molecule has 0 aliphatic rings. The molecule has 0 saturated heterocycles. The second kappa shape index (κ2) is 6.28. The zero-order valence-corrected chi connectivity index (χ0v) is 13.0. The molecule has 1 aromatic heterocycles. The lowest BCUT2D eigenvalue weighted by Gasteiger charge is -2.04. The van der Waals surface area contributed by atoms with Gasteiger partial charge in [-0.25, -0.2) is 18.1 Å². The quantitative estimate of drug-likeness (QED) is 0.794. The number of sulfonamides is 1. The molecular formula is C14H20N4O2S. The maximum atomic E-state index is 12.2. The maximum Gasteiger partial charge on any atom is 0.259 e. The third-order valence-electron chi connectivity index (χ3n) is 3.14. The Morgan fingerprint density at radius 2 is 1.95 bits per heavy atom.